The van der Waals surface area contributed by atoms with Gasteiger partial charge in [-0.2, -0.15) is 11.8 Å². The van der Waals surface area contributed by atoms with Crippen LogP contribution >= 0.6 is 11.8 Å². The van der Waals surface area contributed by atoms with Gasteiger partial charge in [0, 0.05) is 14.2 Å². The number of thioether (sulfide) groups is 1. The van der Waals surface area contributed by atoms with Crippen LogP contribution in [0.2, 0.25) is 0 Å². The zero-order valence-electron chi connectivity index (χ0n) is 38.5. The number of benzene rings is 3. The van der Waals surface area contributed by atoms with Gasteiger partial charge in [0.15, 0.2) is 0 Å². The van der Waals surface area contributed by atoms with E-state index < -0.39 is 0 Å². The van der Waals surface area contributed by atoms with E-state index in [2.05, 4.69) is 60.1 Å². The van der Waals surface area contributed by atoms with Gasteiger partial charge in [-0.25, -0.2) is 0 Å². The minimum atomic E-state index is 0. The van der Waals surface area contributed by atoms with E-state index in [0.29, 0.717) is 10.8 Å². The molecule has 1 aliphatic carbocycles. The monoisotopic (exact) mass is 817 g/mol. The lowest BCUT2D eigenvalue weighted by Gasteiger charge is -2.28. The molecule has 1 aliphatic rings. The fourth-order valence-corrected chi connectivity index (χ4v) is 2.66. The van der Waals surface area contributed by atoms with Crippen LogP contribution in [0.25, 0.3) is 0 Å². The molecule has 348 valence electrons. The first kappa shape index (κ1) is 99.7. The van der Waals surface area contributed by atoms with Crippen molar-refractivity contribution in [3.8, 4) is 0 Å². The van der Waals surface area contributed by atoms with Gasteiger partial charge in [0.2, 0.25) is 0 Å². The quantitative estimate of drug-likeness (QED) is 0.224. The molecule has 56 heavy (non-hydrogen) atoms. The van der Waals surface area contributed by atoms with E-state index in [0.717, 1.165) is 0 Å². The Hall–Kier alpha value is -2.03. The van der Waals surface area contributed by atoms with Crippen LogP contribution in [0, 0.1) is 10.8 Å². The van der Waals surface area contributed by atoms with Gasteiger partial charge in [-0.1, -0.05) is 304 Å². The molecule has 2 heteroatoms. The van der Waals surface area contributed by atoms with Crippen molar-refractivity contribution in [2.45, 2.75) is 208 Å². The van der Waals surface area contributed by atoms with Crippen LogP contribution in [-0.4, -0.2) is 26.7 Å². The van der Waals surface area contributed by atoms with E-state index in [1.807, 2.05) is 191 Å². The molecule has 4 rings (SSSR count). The van der Waals surface area contributed by atoms with Crippen molar-refractivity contribution in [3.63, 3.8) is 0 Å². The van der Waals surface area contributed by atoms with E-state index in [4.69, 9.17) is 0 Å². The molecule has 0 aromatic heterocycles. The Balaban J connectivity index is -0.0000000256. The van der Waals surface area contributed by atoms with Gasteiger partial charge in [-0.15, -0.1) is 0 Å². The fourth-order valence-electron chi connectivity index (χ4n) is 2.66. The highest BCUT2D eigenvalue weighted by Crippen LogP contribution is 2.34. The second-order valence-electron chi connectivity index (χ2n) is 11.7. The van der Waals surface area contributed by atoms with Crippen LogP contribution in [0.4, 0.5) is 0 Å². The molecule has 1 nitrogen and oxygen atoms in total. The summed E-state index contributed by atoms with van der Waals surface area (Å²) in [5.41, 5.74) is 1.18. The first-order valence-corrected chi connectivity index (χ1v) is 21.4. The van der Waals surface area contributed by atoms with E-state index in [-0.39, 0.29) is 44.6 Å². The minimum absolute atomic E-state index is 0. The largest absolute Gasteiger partial charge is 0.388 e. The summed E-state index contributed by atoms with van der Waals surface area (Å²) in [7, 11) is 3.25. The molecule has 0 bridgehead atoms. The van der Waals surface area contributed by atoms with E-state index in [1.165, 1.54) is 38.5 Å². The van der Waals surface area contributed by atoms with Crippen LogP contribution in [0.15, 0.2) is 109 Å². The first-order valence-electron chi connectivity index (χ1n) is 19.8. The molecule has 0 amide bonds. The summed E-state index contributed by atoms with van der Waals surface area (Å²) in [5.74, 6) is 0. The van der Waals surface area contributed by atoms with Gasteiger partial charge in [-0.05, 0) is 36.2 Å². The van der Waals surface area contributed by atoms with E-state index >= 15 is 0 Å². The van der Waals surface area contributed by atoms with Crippen LogP contribution in [-0.2, 0) is 4.74 Å². The predicted molar refractivity (Wildman–Crippen MR) is 287 cm³/mol. The van der Waals surface area contributed by atoms with Crippen molar-refractivity contribution in [1.29, 1.82) is 0 Å². The van der Waals surface area contributed by atoms with E-state index in [9.17, 15) is 0 Å². The highest BCUT2D eigenvalue weighted by atomic mass is 32.2. The van der Waals surface area contributed by atoms with Crippen LogP contribution < -0.4 is 0 Å². The van der Waals surface area contributed by atoms with Crippen molar-refractivity contribution in [2.75, 3.05) is 26.7 Å². The number of ether oxygens (including phenoxy) is 1. The average Bonchev–Trinajstić information content (AvgIpc) is 3.16. The molecular weight excluding hydrogens is 697 g/mol. The highest BCUT2D eigenvalue weighted by Gasteiger charge is 2.19. The molecule has 1 fully saturated rings. The molecule has 1 saturated carbocycles. The Labute approximate surface area is 369 Å². The summed E-state index contributed by atoms with van der Waals surface area (Å²) in [6, 6.07) is 36.0. The summed E-state index contributed by atoms with van der Waals surface area (Å²) in [4.78, 5) is 0. The zero-order chi connectivity index (χ0) is 41.4. The molecule has 3 aromatic rings. The van der Waals surface area contributed by atoms with Crippen LogP contribution in [0.5, 0.6) is 0 Å². The molecule has 0 aliphatic heterocycles. The molecular formula is C54H120OS. The van der Waals surface area contributed by atoms with Gasteiger partial charge in [0.25, 0.3) is 0 Å². The van der Waals surface area contributed by atoms with E-state index in [1.54, 1.807) is 26.0 Å². The lowest BCUT2D eigenvalue weighted by atomic mass is 9.78. The number of hydrogen-bond donors (Lipinski definition) is 0. The van der Waals surface area contributed by atoms with Crippen molar-refractivity contribution in [2.24, 2.45) is 10.8 Å². The second kappa shape index (κ2) is 111. The number of methoxy groups -OCH3 is 1. The Morgan fingerprint density at radius 2 is 0.500 bits per heavy atom. The van der Waals surface area contributed by atoms with Crippen molar-refractivity contribution in [1.82, 2.24) is 0 Å². The summed E-state index contributed by atoms with van der Waals surface area (Å²) in [6.07, 6.45) is 12.6. The first-order chi connectivity index (χ1) is 23.9. The van der Waals surface area contributed by atoms with Crippen LogP contribution in [0.1, 0.15) is 208 Å². The van der Waals surface area contributed by atoms with Crippen molar-refractivity contribution >= 4 is 11.8 Å². The topological polar surface area (TPSA) is 9.23 Å². The van der Waals surface area contributed by atoms with Gasteiger partial charge >= 0.3 is 0 Å². The smallest absolute Gasteiger partial charge is 0.0351 e. The Bertz CT molecular complexity index is 564. The maximum atomic E-state index is 4.25. The van der Waals surface area contributed by atoms with Gasteiger partial charge in [-0.3, -0.25) is 0 Å². The second-order valence-corrected chi connectivity index (χ2v) is 12.5. The summed E-state index contributed by atoms with van der Waals surface area (Å²) >= 11 is 1.75. The maximum absolute atomic E-state index is 4.25. The van der Waals surface area contributed by atoms with Crippen molar-refractivity contribution in [3.05, 3.63) is 109 Å². The van der Waals surface area contributed by atoms with Gasteiger partial charge in [0.1, 0.15) is 0 Å². The predicted octanol–water partition coefficient (Wildman–Crippen LogP) is 21.7. The molecule has 0 unspecified atom stereocenters. The molecule has 0 spiro atoms. The summed E-state index contributed by atoms with van der Waals surface area (Å²) in [6.45, 7) is 37.8. The minimum Gasteiger partial charge on any atom is -0.388 e. The summed E-state index contributed by atoms with van der Waals surface area (Å²) in [5, 5.41) is 0. The van der Waals surface area contributed by atoms with Crippen LogP contribution in [0.3, 0.4) is 0 Å². The Morgan fingerprint density at radius 3 is 0.554 bits per heavy atom. The third-order valence-electron chi connectivity index (χ3n) is 4.21. The standard InChI is InChI=1S/C8H16.3C6H6.C5H12.C3H8.C2H6O.C2H6S.5C2H6.6CH4/c1-8(2)6-4-3-5-7-8;3*1-2-4-6-5-3-1;1-5(2,3)4;3*1-3-2;5*1-2;;;;;;/h3-7H2,1-2H3;3*1-6H;1-4H3;3H2,1-2H3;2*1-2H3;5*1-2H3;6*1H4. The lowest BCUT2D eigenvalue weighted by Crippen LogP contribution is -2.14. The Morgan fingerprint density at radius 1 is 0.411 bits per heavy atom. The molecule has 0 heterocycles. The lowest BCUT2D eigenvalue weighted by molar-refractivity contribution is 0.244. The Kier molecular flexibility index (Phi) is 197. The number of rotatable bonds is 0. The molecule has 0 atom stereocenters. The normalized spacial score (nSPS) is 9.11. The van der Waals surface area contributed by atoms with Crippen molar-refractivity contribution < 1.29 is 4.74 Å². The maximum Gasteiger partial charge on any atom is 0.0351 e. The van der Waals surface area contributed by atoms with Gasteiger partial charge in [0.05, 0.1) is 0 Å². The molecule has 0 radical (unpaired) electrons. The third kappa shape index (κ3) is 200. The molecule has 3 aromatic carbocycles. The highest BCUT2D eigenvalue weighted by molar-refractivity contribution is 7.97. The SMILES string of the molecule is C.C.C.C.C.C.CC.CC.CC.CC.CC.CC(C)(C)C.CC1(C)CCCCC1.CCC.COC.CSC.c1ccccc1.c1ccccc1.c1ccccc1. The molecule has 0 saturated heterocycles. The van der Waals surface area contributed by atoms with Gasteiger partial charge < -0.3 is 4.74 Å². The number of hydrogen-bond acceptors (Lipinski definition) is 2. The molecule has 0 N–H and O–H groups in total. The summed E-state index contributed by atoms with van der Waals surface area (Å²) < 4.78 is 4.25. The fraction of sp³-hybridized carbons (Fsp3) is 0.667. The average molecular weight is 818 g/mol. The third-order valence-corrected chi connectivity index (χ3v) is 4.21. The zero-order valence-corrected chi connectivity index (χ0v) is 39.3.